The molecule has 0 fully saturated rings. The van der Waals surface area contributed by atoms with Gasteiger partial charge >= 0.3 is 5.97 Å². The van der Waals surface area contributed by atoms with Gasteiger partial charge in [-0.25, -0.2) is 0 Å². The minimum Gasteiger partial charge on any atom is -0.489 e. The van der Waals surface area contributed by atoms with Gasteiger partial charge in [0.1, 0.15) is 12.4 Å². The third kappa shape index (κ3) is 5.69. The maximum Gasteiger partial charge on any atom is 0.303 e. The highest BCUT2D eigenvalue weighted by molar-refractivity contribution is 5.79. The van der Waals surface area contributed by atoms with Crippen LogP contribution in [0, 0.1) is 13.8 Å². The summed E-state index contributed by atoms with van der Waals surface area (Å²) in [4.78, 5) is 15.3. The number of hydrogen-bond acceptors (Lipinski definition) is 3. The van der Waals surface area contributed by atoms with Crippen LogP contribution in [0.1, 0.15) is 56.2 Å². The van der Waals surface area contributed by atoms with E-state index in [1.807, 2.05) is 52.1 Å². The Balaban J connectivity index is 2.17. The lowest BCUT2D eigenvalue weighted by Gasteiger charge is -2.15. The smallest absolute Gasteiger partial charge is 0.303 e. The molecule has 28 heavy (non-hydrogen) atoms. The van der Waals surface area contributed by atoms with E-state index in [1.54, 1.807) is 0 Å². The number of allylic oxidation sites excluding steroid dienone is 3. The number of carboxylic acid groups (broad SMARTS) is 1. The van der Waals surface area contributed by atoms with E-state index in [2.05, 4.69) is 11.6 Å². The lowest BCUT2D eigenvalue weighted by Crippen LogP contribution is -2.05. The summed E-state index contributed by atoms with van der Waals surface area (Å²) in [5.41, 5.74) is 7.96. The van der Waals surface area contributed by atoms with Crippen LogP contribution in [0.4, 0.5) is 0 Å². The fraction of sp³-hybridized carbons (Fsp3) is 0.417. The van der Waals surface area contributed by atoms with Gasteiger partial charge in [-0.3, -0.25) is 9.79 Å². The molecule has 0 heterocycles. The number of aliphatic imine (C=N–C) groups is 1. The summed E-state index contributed by atoms with van der Waals surface area (Å²) in [5.74, 6) is 0.0913. The molecule has 0 amide bonds. The van der Waals surface area contributed by atoms with Crippen molar-refractivity contribution < 1.29 is 14.6 Å². The molecule has 1 aromatic carbocycles. The predicted octanol–water partition coefficient (Wildman–Crippen LogP) is 5.73. The molecule has 0 atom stereocenters. The third-order valence-electron chi connectivity index (χ3n) is 5.22. The van der Waals surface area contributed by atoms with E-state index in [4.69, 9.17) is 9.84 Å². The Hall–Kier alpha value is -2.62. The average molecular weight is 382 g/mol. The largest absolute Gasteiger partial charge is 0.489 e. The van der Waals surface area contributed by atoms with Crippen molar-refractivity contribution >= 4 is 11.7 Å². The SMILES string of the molecule is C=C/C(=C\N=C(C)C)C1=C(COc2ccc(CCC(=O)O)c(C)c2C)CCC1. The molecule has 0 radical (unpaired) electrons. The van der Waals surface area contributed by atoms with Crippen LogP contribution >= 0.6 is 0 Å². The number of hydrogen-bond donors (Lipinski definition) is 1. The Bertz CT molecular complexity index is 840. The molecule has 0 saturated heterocycles. The molecule has 150 valence electrons. The Morgan fingerprint density at radius 1 is 1.25 bits per heavy atom. The number of nitrogens with zero attached hydrogens (tertiary/aromatic N) is 1. The van der Waals surface area contributed by atoms with Crippen LogP contribution in [0.25, 0.3) is 0 Å². The zero-order valence-electron chi connectivity index (χ0n) is 17.5. The molecule has 1 aliphatic carbocycles. The number of benzene rings is 1. The number of aliphatic carboxylic acids is 1. The van der Waals surface area contributed by atoms with Gasteiger partial charge in [0.15, 0.2) is 0 Å². The number of carboxylic acids is 1. The first kappa shape index (κ1) is 21.7. The summed E-state index contributed by atoms with van der Waals surface area (Å²) < 4.78 is 6.16. The van der Waals surface area contributed by atoms with Crippen molar-refractivity contribution in [2.45, 2.75) is 59.8 Å². The number of carbonyl (C=O) groups is 1. The summed E-state index contributed by atoms with van der Waals surface area (Å²) >= 11 is 0. The normalized spacial score (nSPS) is 14.2. The van der Waals surface area contributed by atoms with Crippen LogP contribution in [-0.2, 0) is 11.2 Å². The second-order valence-corrected chi connectivity index (χ2v) is 7.46. The Morgan fingerprint density at radius 2 is 2.00 bits per heavy atom. The summed E-state index contributed by atoms with van der Waals surface area (Å²) in [6.45, 7) is 12.5. The molecule has 4 heteroatoms. The van der Waals surface area contributed by atoms with Gasteiger partial charge in [-0.15, -0.1) is 0 Å². The first-order valence-electron chi connectivity index (χ1n) is 9.82. The zero-order valence-corrected chi connectivity index (χ0v) is 17.5. The summed E-state index contributed by atoms with van der Waals surface area (Å²) in [6, 6.07) is 3.95. The van der Waals surface area contributed by atoms with Crippen LogP contribution < -0.4 is 4.74 Å². The Morgan fingerprint density at radius 3 is 2.64 bits per heavy atom. The first-order valence-corrected chi connectivity index (χ1v) is 9.82. The Labute approximate surface area is 168 Å². The molecule has 0 saturated carbocycles. The standard InChI is InChI=1S/C24H31NO3/c1-6-19(14-25-16(2)3)22-9-7-8-21(22)15-28-23-12-10-20(11-13-24(26)27)17(4)18(23)5/h6,10,12,14H,1,7-9,11,13,15H2,2-5H3,(H,26,27)/b19-14+. The number of ether oxygens (including phenoxy) is 1. The fourth-order valence-corrected chi connectivity index (χ4v) is 3.45. The van der Waals surface area contributed by atoms with Crippen molar-refractivity contribution in [1.29, 1.82) is 0 Å². The molecule has 0 bridgehead atoms. The first-order chi connectivity index (χ1) is 13.3. The lowest BCUT2D eigenvalue weighted by molar-refractivity contribution is -0.136. The summed E-state index contributed by atoms with van der Waals surface area (Å²) in [7, 11) is 0. The van der Waals surface area contributed by atoms with E-state index >= 15 is 0 Å². The van der Waals surface area contributed by atoms with Crippen LogP contribution in [-0.4, -0.2) is 23.4 Å². The van der Waals surface area contributed by atoms with Gasteiger partial charge in [-0.05, 0) is 92.9 Å². The predicted molar refractivity (Wildman–Crippen MR) is 115 cm³/mol. The van der Waals surface area contributed by atoms with E-state index in [-0.39, 0.29) is 6.42 Å². The van der Waals surface area contributed by atoms with Crippen molar-refractivity contribution in [1.82, 2.24) is 0 Å². The maximum atomic E-state index is 10.8. The number of aryl methyl sites for hydroxylation is 1. The van der Waals surface area contributed by atoms with Crippen molar-refractivity contribution in [3.63, 3.8) is 0 Å². The van der Waals surface area contributed by atoms with E-state index in [0.717, 1.165) is 53.0 Å². The molecule has 1 N–H and O–H groups in total. The van der Waals surface area contributed by atoms with Gasteiger partial charge in [0.25, 0.3) is 0 Å². The molecule has 0 aromatic heterocycles. The topological polar surface area (TPSA) is 58.9 Å². The van der Waals surface area contributed by atoms with Crippen molar-refractivity contribution in [3.8, 4) is 5.75 Å². The molecule has 1 aliphatic rings. The highest BCUT2D eigenvalue weighted by atomic mass is 16.5. The van der Waals surface area contributed by atoms with Crippen LogP contribution in [0.3, 0.4) is 0 Å². The van der Waals surface area contributed by atoms with Gasteiger partial charge in [0, 0.05) is 18.3 Å². The monoisotopic (exact) mass is 381 g/mol. The summed E-state index contributed by atoms with van der Waals surface area (Å²) in [6.07, 6.45) is 7.65. The highest BCUT2D eigenvalue weighted by Crippen LogP contribution is 2.33. The molecule has 4 nitrogen and oxygen atoms in total. The molecule has 2 rings (SSSR count). The van der Waals surface area contributed by atoms with Gasteiger partial charge in [0.2, 0.25) is 0 Å². The molecule has 0 aliphatic heterocycles. The minimum atomic E-state index is -0.772. The lowest BCUT2D eigenvalue weighted by atomic mass is 9.99. The number of rotatable bonds is 9. The van der Waals surface area contributed by atoms with Crippen LogP contribution in [0.2, 0.25) is 0 Å². The van der Waals surface area contributed by atoms with Crippen LogP contribution in [0.15, 0.2) is 52.7 Å². The fourth-order valence-electron chi connectivity index (χ4n) is 3.45. The Kier molecular flexibility index (Phi) is 7.80. The van der Waals surface area contributed by atoms with E-state index in [1.165, 1.54) is 11.1 Å². The molecular weight excluding hydrogens is 350 g/mol. The molecule has 1 aromatic rings. The quantitative estimate of drug-likeness (QED) is 0.439. The molecule has 0 unspecified atom stereocenters. The zero-order chi connectivity index (χ0) is 20.7. The molecular formula is C24H31NO3. The van der Waals surface area contributed by atoms with Crippen LogP contribution in [0.5, 0.6) is 5.75 Å². The van der Waals surface area contributed by atoms with Crippen molar-refractivity contribution in [2.24, 2.45) is 4.99 Å². The second-order valence-electron chi connectivity index (χ2n) is 7.46. The van der Waals surface area contributed by atoms with Gasteiger partial charge in [0.05, 0.1) is 0 Å². The van der Waals surface area contributed by atoms with Crippen molar-refractivity contribution in [3.05, 3.63) is 64.4 Å². The highest BCUT2D eigenvalue weighted by Gasteiger charge is 2.18. The van der Waals surface area contributed by atoms with E-state index < -0.39 is 5.97 Å². The van der Waals surface area contributed by atoms with Gasteiger partial charge in [-0.1, -0.05) is 18.7 Å². The van der Waals surface area contributed by atoms with E-state index in [0.29, 0.717) is 13.0 Å². The minimum absolute atomic E-state index is 0.146. The second kappa shape index (κ2) is 10.1. The molecule has 0 spiro atoms. The maximum absolute atomic E-state index is 10.8. The third-order valence-corrected chi connectivity index (χ3v) is 5.22. The summed E-state index contributed by atoms with van der Waals surface area (Å²) in [5, 5.41) is 8.90. The van der Waals surface area contributed by atoms with Gasteiger partial charge < -0.3 is 9.84 Å². The van der Waals surface area contributed by atoms with Crippen molar-refractivity contribution in [2.75, 3.05) is 6.61 Å². The van der Waals surface area contributed by atoms with E-state index in [9.17, 15) is 4.79 Å². The van der Waals surface area contributed by atoms with Gasteiger partial charge in [-0.2, -0.15) is 0 Å². The average Bonchev–Trinajstić information content (AvgIpc) is 3.10.